The largest absolute Gasteiger partial charge is 0.497 e. The molecule has 6 heteroatoms. The highest BCUT2D eigenvalue weighted by molar-refractivity contribution is 5.95. The van der Waals surface area contributed by atoms with Gasteiger partial charge in [-0.05, 0) is 45.0 Å². The Morgan fingerprint density at radius 2 is 1.79 bits per heavy atom. The van der Waals surface area contributed by atoms with Crippen LogP contribution >= 0.6 is 0 Å². The number of benzene rings is 2. The summed E-state index contributed by atoms with van der Waals surface area (Å²) in [6.07, 6.45) is 0. The van der Waals surface area contributed by atoms with Gasteiger partial charge in [0.2, 0.25) is 0 Å². The van der Waals surface area contributed by atoms with Crippen LogP contribution in [-0.4, -0.2) is 44.6 Å². The molecule has 0 spiro atoms. The number of nitrogens with one attached hydrogen (secondary N) is 2. The van der Waals surface area contributed by atoms with E-state index in [9.17, 15) is 9.59 Å². The molecule has 0 aliphatic heterocycles. The second-order valence-corrected chi connectivity index (χ2v) is 6.93. The highest BCUT2D eigenvalue weighted by Crippen LogP contribution is 2.17. The molecule has 28 heavy (non-hydrogen) atoms. The van der Waals surface area contributed by atoms with E-state index < -0.39 is 0 Å². The van der Waals surface area contributed by atoms with E-state index in [4.69, 9.17) is 4.74 Å². The molecule has 2 aromatic rings. The first-order valence-corrected chi connectivity index (χ1v) is 9.59. The molecule has 2 N–H and O–H groups in total. The van der Waals surface area contributed by atoms with E-state index in [2.05, 4.69) is 5.32 Å². The second kappa shape index (κ2) is 10.5. The number of methoxy groups -OCH3 is 1. The molecule has 2 amide bonds. The van der Waals surface area contributed by atoms with Crippen molar-refractivity contribution in [2.24, 2.45) is 0 Å². The number of ether oxygens (including phenoxy) is 1. The van der Waals surface area contributed by atoms with Crippen LogP contribution in [0.2, 0.25) is 0 Å². The molecule has 0 fully saturated rings. The van der Waals surface area contributed by atoms with Gasteiger partial charge in [0.1, 0.15) is 5.75 Å². The Balaban J connectivity index is 2.00. The van der Waals surface area contributed by atoms with Gasteiger partial charge in [0.15, 0.2) is 13.1 Å². The van der Waals surface area contributed by atoms with E-state index in [1.807, 2.05) is 69.3 Å². The molecule has 150 valence electrons. The van der Waals surface area contributed by atoms with Gasteiger partial charge in [-0.2, -0.15) is 0 Å². The lowest BCUT2D eigenvalue weighted by Crippen LogP contribution is -3.14. The van der Waals surface area contributed by atoms with Gasteiger partial charge >= 0.3 is 0 Å². The van der Waals surface area contributed by atoms with Crippen LogP contribution in [0.15, 0.2) is 54.6 Å². The number of likely N-dealkylation sites (N-methyl/N-ethyl adjacent to an activating group) is 1. The van der Waals surface area contributed by atoms with Gasteiger partial charge in [0.05, 0.1) is 13.7 Å². The maximum atomic E-state index is 12.9. The number of quaternary nitrogens is 1. The fraction of sp³-hybridized carbons (Fsp3) is 0.364. The summed E-state index contributed by atoms with van der Waals surface area (Å²) in [4.78, 5) is 28.1. The summed E-state index contributed by atoms with van der Waals surface area (Å²) < 4.78 is 5.18. The molecule has 0 heterocycles. The van der Waals surface area contributed by atoms with Crippen molar-refractivity contribution in [3.63, 3.8) is 0 Å². The zero-order valence-corrected chi connectivity index (χ0v) is 17.1. The smallest absolute Gasteiger partial charge is 0.282 e. The predicted octanol–water partition coefficient (Wildman–Crippen LogP) is 1.98. The third kappa shape index (κ3) is 6.09. The zero-order chi connectivity index (χ0) is 20.5. The maximum absolute atomic E-state index is 12.9. The predicted molar refractivity (Wildman–Crippen MR) is 112 cm³/mol. The minimum Gasteiger partial charge on any atom is -0.497 e. The van der Waals surface area contributed by atoms with Crippen molar-refractivity contribution in [3.05, 3.63) is 54.6 Å². The Hall–Kier alpha value is -2.86. The summed E-state index contributed by atoms with van der Waals surface area (Å²) >= 11 is 0. The topological polar surface area (TPSA) is 63.1 Å². The number of hydrogen-bond donors (Lipinski definition) is 2. The standard InChI is InChI=1S/C22H29N3O3/c1-5-24(15-21(26)23-18-10-9-13-20(14-18)28-4)16-22(27)25(17(2)3)19-11-7-6-8-12-19/h6-14,17H,5,15-16H2,1-4H3,(H,23,26)/p+1. The van der Waals surface area contributed by atoms with Gasteiger partial charge in [-0.15, -0.1) is 0 Å². The van der Waals surface area contributed by atoms with E-state index in [0.717, 1.165) is 10.6 Å². The van der Waals surface area contributed by atoms with Gasteiger partial charge < -0.3 is 19.9 Å². The summed E-state index contributed by atoms with van der Waals surface area (Å²) in [5, 5.41) is 2.87. The fourth-order valence-electron chi connectivity index (χ4n) is 3.06. The summed E-state index contributed by atoms with van der Waals surface area (Å²) in [6.45, 7) is 7.12. The molecule has 6 nitrogen and oxygen atoms in total. The van der Waals surface area contributed by atoms with Gasteiger partial charge in [-0.3, -0.25) is 9.59 Å². The van der Waals surface area contributed by atoms with Crippen molar-refractivity contribution < 1.29 is 19.2 Å². The Kier molecular flexibility index (Phi) is 8.02. The van der Waals surface area contributed by atoms with Gasteiger partial charge in [-0.25, -0.2) is 0 Å². The molecule has 1 unspecified atom stereocenters. The van der Waals surface area contributed by atoms with Gasteiger partial charge in [-0.1, -0.05) is 24.3 Å². The number of carbonyl (C=O) groups excluding carboxylic acids is 2. The Labute approximate surface area is 167 Å². The molecule has 0 radical (unpaired) electrons. The van der Waals surface area contributed by atoms with Crippen LogP contribution in [-0.2, 0) is 9.59 Å². The van der Waals surface area contributed by atoms with Crippen LogP contribution in [0.3, 0.4) is 0 Å². The van der Waals surface area contributed by atoms with Crippen LogP contribution in [0.25, 0.3) is 0 Å². The highest BCUT2D eigenvalue weighted by atomic mass is 16.5. The Morgan fingerprint density at radius 3 is 2.39 bits per heavy atom. The molecule has 0 bridgehead atoms. The molecular weight excluding hydrogens is 354 g/mol. The average Bonchev–Trinajstić information content (AvgIpc) is 2.68. The van der Waals surface area contributed by atoms with Crippen LogP contribution in [0.1, 0.15) is 20.8 Å². The van der Waals surface area contributed by atoms with Crippen molar-refractivity contribution in [1.82, 2.24) is 0 Å². The van der Waals surface area contributed by atoms with E-state index >= 15 is 0 Å². The quantitative estimate of drug-likeness (QED) is 0.695. The molecule has 0 aliphatic carbocycles. The third-order valence-corrected chi connectivity index (χ3v) is 4.48. The summed E-state index contributed by atoms with van der Waals surface area (Å²) in [7, 11) is 1.59. The molecule has 0 saturated carbocycles. The first-order valence-electron chi connectivity index (χ1n) is 9.59. The molecule has 0 aliphatic rings. The number of rotatable bonds is 9. The van der Waals surface area contributed by atoms with Gasteiger partial charge in [0.25, 0.3) is 11.8 Å². The SMILES string of the molecule is CC[NH+](CC(=O)Nc1cccc(OC)c1)CC(=O)N(c1ccccc1)C(C)C. The Morgan fingerprint density at radius 1 is 1.07 bits per heavy atom. The zero-order valence-electron chi connectivity index (χ0n) is 17.1. The number of amides is 2. The van der Waals surface area contributed by atoms with E-state index in [0.29, 0.717) is 18.0 Å². The summed E-state index contributed by atoms with van der Waals surface area (Å²) in [5.41, 5.74) is 1.55. The minimum absolute atomic E-state index is 0.00669. The highest BCUT2D eigenvalue weighted by Gasteiger charge is 2.24. The van der Waals surface area contributed by atoms with E-state index in [1.165, 1.54) is 0 Å². The van der Waals surface area contributed by atoms with E-state index in [-0.39, 0.29) is 30.9 Å². The number of para-hydroxylation sites is 1. The fourth-order valence-corrected chi connectivity index (χ4v) is 3.06. The molecule has 1 atom stereocenters. The van der Waals surface area contributed by atoms with Crippen LogP contribution in [0, 0.1) is 0 Å². The molecule has 2 rings (SSSR count). The van der Waals surface area contributed by atoms with Crippen molar-refractivity contribution in [2.45, 2.75) is 26.8 Å². The maximum Gasteiger partial charge on any atom is 0.282 e. The summed E-state index contributed by atoms with van der Waals surface area (Å²) in [5.74, 6) is 0.559. The van der Waals surface area contributed by atoms with Crippen molar-refractivity contribution in [2.75, 3.05) is 37.0 Å². The van der Waals surface area contributed by atoms with Crippen molar-refractivity contribution in [3.8, 4) is 5.75 Å². The lowest BCUT2D eigenvalue weighted by Gasteiger charge is -2.28. The molecule has 2 aromatic carbocycles. The first kappa shape index (κ1) is 21.4. The van der Waals surface area contributed by atoms with Crippen molar-refractivity contribution in [1.29, 1.82) is 0 Å². The van der Waals surface area contributed by atoms with Crippen LogP contribution in [0.4, 0.5) is 11.4 Å². The lowest BCUT2D eigenvalue weighted by atomic mass is 10.2. The molecule has 0 aromatic heterocycles. The third-order valence-electron chi connectivity index (χ3n) is 4.48. The second-order valence-electron chi connectivity index (χ2n) is 6.93. The first-order chi connectivity index (χ1) is 13.4. The molecular formula is C22H30N3O3+. The normalized spacial score (nSPS) is 11.8. The Bertz CT molecular complexity index is 778. The van der Waals surface area contributed by atoms with Gasteiger partial charge in [0, 0.05) is 23.5 Å². The molecule has 0 saturated heterocycles. The van der Waals surface area contributed by atoms with Crippen LogP contribution < -0.4 is 19.9 Å². The van der Waals surface area contributed by atoms with Crippen molar-refractivity contribution >= 4 is 23.2 Å². The number of hydrogen-bond acceptors (Lipinski definition) is 3. The average molecular weight is 385 g/mol. The van der Waals surface area contributed by atoms with Crippen LogP contribution in [0.5, 0.6) is 5.75 Å². The number of carbonyl (C=O) groups is 2. The van der Waals surface area contributed by atoms with E-state index in [1.54, 1.807) is 18.1 Å². The number of anilines is 2. The monoisotopic (exact) mass is 384 g/mol. The number of nitrogens with zero attached hydrogens (tertiary/aromatic N) is 1. The summed E-state index contributed by atoms with van der Waals surface area (Å²) in [6, 6.07) is 16.9. The minimum atomic E-state index is -0.131. The lowest BCUT2D eigenvalue weighted by molar-refractivity contribution is -0.881.